The maximum absolute atomic E-state index is 6.65. The van der Waals surface area contributed by atoms with E-state index < -0.39 is 0 Å². The van der Waals surface area contributed by atoms with Gasteiger partial charge in [-0.05, 0) is 55.6 Å². The SMILES string of the molecule is CCCCCC(CC)Oc1cc(/C=C/C(C)CCCC)c(OC)cc1C(C)(C)CC. The molecule has 0 spiro atoms. The van der Waals surface area contributed by atoms with Gasteiger partial charge in [0, 0.05) is 11.1 Å². The molecule has 0 saturated carbocycles. The van der Waals surface area contributed by atoms with Gasteiger partial charge in [0.1, 0.15) is 11.5 Å². The first kappa shape index (κ1) is 26.6. The minimum absolute atomic E-state index is 0.0426. The molecule has 0 fully saturated rings. The number of hydrogen-bond donors (Lipinski definition) is 0. The van der Waals surface area contributed by atoms with Crippen LogP contribution in [0.25, 0.3) is 6.08 Å². The van der Waals surface area contributed by atoms with Crippen molar-refractivity contribution in [2.45, 2.75) is 118 Å². The molecular formula is C28H48O2. The minimum Gasteiger partial charge on any atom is -0.496 e. The third-order valence-electron chi connectivity index (χ3n) is 6.44. The van der Waals surface area contributed by atoms with Crippen LogP contribution in [-0.4, -0.2) is 13.2 Å². The average Bonchev–Trinajstić information content (AvgIpc) is 2.75. The van der Waals surface area contributed by atoms with Gasteiger partial charge in [0.15, 0.2) is 0 Å². The van der Waals surface area contributed by atoms with E-state index in [9.17, 15) is 0 Å². The Morgan fingerprint density at radius 2 is 1.63 bits per heavy atom. The highest BCUT2D eigenvalue weighted by Gasteiger charge is 2.26. The molecule has 0 N–H and O–H groups in total. The van der Waals surface area contributed by atoms with Crippen LogP contribution in [0.1, 0.15) is 117 Å². The van der Waals surface area contributed by atoms with Crippen LogP contribution in [0.4, 0.5) is 0 Å². The van der Waals surface area contributed by atoms with Crippen molar-refractivity contribution >= 4 is 6.08 Å². The van der Waals surface area contributed by atoms with Crippen molar-refractivity contribution in [3.63, 3.8) is 0 Å². The highest BCUT2D eigenvalue weighted by atomic mass is 16.5. The Labute approximate surface area is 187 Å². The first-order valence-corrected chi connectivity index (χ1v) is 12.4. The first-order valence-electron chi connectivity index (χ1n) is 12.4. The van der Waals surface area contributed by atoms with E-state index in [0.717, 1.165) is 36.3 Å². The zero-order valence-electron chi connectivity index (χ0n) is 21.1. The highest BCUT2D eigenvalue weighted by Crippen LogP contribution is 2.40. The summed E-state index contributed by atoms with van der Waals surface area (Å²) in [7, 11) is 1.77. The Balaban J connectivity index is 3.27. The Kier molecular flexibility index (Phi) is 12.2. The normalized spacial score (nSPS) is 14.1. The van der Waals surface area contributed by atoms with Crippen LogP contribution in [0.5, 0.6) is 11.5 Å². The summed E-state index contributed by atoms with van der Waals surface area (Å²) in [6.45, 7) is 15.9. The maximum Gasteiger partial charge on any atom is 0.126 e. The number of allylic oxidation sites excluding steroid dienone is 1. The Morgan fingerprint density at radius 3 is 2.20 bits per heavy atom. The van der Waals surface area contributed by atoms with E-state index in [0.29, 0.717) is 5.92 Å². The van der Waals surface area contributed by atoms with Gasteiger partial charge in [-0.15, -0.1) is 0 Å². The standard InChI is InChI=1S/C28H48O2/c1-9-13-15-17-24(11-3)30-27-20-23(19-18-22(5)16-14-10-2)26(29-8)21-25(27)28(6,7)12-4/h18-22,24H,9-17H2,1-8H3/b19-18+. The van der Waals surface area contributed by atoms with Crippen LogP contribution in [-0.2, 0) is 5.41 Å². The summed E-state index contributed by atoms with van der Waals surface area (Å²) >= 11 is 0. The molecule has 0 amide bonds. The van der Waals surface area contributed by atoms with Crippen LogP contribution < -0.4 is 9.47 Å². The topological polar surface area (TPSA) is 18.5 Å². The predicted octanol–water partition coefficient (Wildman–Crippen LogP) is 8.96. The molecule has 1 aromatic rings. The van der Waals surface area contributed by atoms with Gasteiger partial charge in [0.25, 0.3) is 0 Å². The fourth-order valence-electron chi connectivity index (χ4n) is 3.74. The molecular weight excluding hydrogens is 368 g/mol. The predicted molar refractivity (Wildman–Crippen MR) is 133 cm³/mol. The zero-order valence-corrected chi connectivity index (χ0v) is 21.1. The monoisotopic (exact) mass is 416 g/mol. The molecule has 172 valence electrons. The van der Waals surface area contributed by atoms with Gasteiger partial charge in [-0.25, -0.2) is 0 Å². The molecule has 0 heterocycles. The van der Waals surface area contributed by atoms with Crippen LogP contribution in [0.3, 0.4) is 0 Å². The molecule has 2 nitrogen and oxygen atoms in total. The van der Waals surface area contributed by atoms with Crippen LogP contribution in [0.2, 0.25) is 0 Å². The number of methoxy groups -OCH3 is 1. The highest BCUT2D eigenvalue weighted by molar-refractivity contribution is 5.63. The van der Waals surface area contributed by atoms with Crippen molar-refractivity contribution in [3.8, 4) is 11.5 Å². The quantitative estimate of drug-likeness (QED) is 0.266. The van der Waals surface area contributed by atoms with Crippen LogP contribution in [0, 0.1) is 5.92 Å². The van der Waals surface area contributed by atoms with Crippen molar-refractivity contribution < 1.29 is 9.47 Å². The molecule has 0 aromatic heterocycles. The number of benzene rings is 1. The molecule has 1 rings (SSSR count). The van der Waals surface area contributed by atoms with Crippen molar-refractivity contribution in [1.82, 2.24) is 0 Å². The third kappa shape index (κ3) is 8.36. The van der Waals surface area contributed by atoms with Gasteiger partial charge in [0.2, 0.25) is 0 Å². The lowest BCUT2D eigenvalue weighted by molar-refractivity contribution is 0.178. The van der Waals surface area contributed by atoms with E-state index in [2.05, 4.69) is 72.8 Å². The second-order valence-corrected chi connectivity index (χ2v) is 9.45. The Bertz CT molecular complexity index is 630. The van der Waals surface area contributed by atoms with Crippen molar-refractivity contribution in [1.29, 1.82) is 0 Å². The molecule has 2 unspecified atom stereocenters. The van der Waals surface area contributed by atoms with Crippen molar-refractivity contribution in [3.05, 3.63) is 29.3 Å². The molecule has 0 radical (unpaired) electrons. The summed E-state index contributed by atoms with van der Waals surface area (Å²) in [5.41, 5.74) is 2.42. The van der Waals surface area contributed by atoms with Crippen molar-refractivity contribution in [2.75, 3.05) is 7.11 Å². The fourth-order valence-corrected chi connectivity index (χ4v) is 3.74. The molecule has 30 heavy (non-hydrogen) atoms. The van der Waals surface area contributed by atoms with E-state index in [4.69, 9.17) is 9.47 Å². The molecule has 2 heteroatoms. The summed E-state index contributed by atoms with van der Waals surface area (Å²) in [6, 6.07) is 4.44. The van der Waals surface area contributed by atoms with Gasteiger partial charge < -0.3 is 9.47 Å². The first-order chi connectivity index (χ1) is 14.3. The summed E-state index contributed by atoms with van der Waals surface area (Å²) in [4.78, 5) is 0. The second kappa shape index (κ2) is 13.8. The summed E-state index contributed by atoms with van der Waals surface area (Å²) in [6.07, 6.45) is 15.6. The van der Waals surface area contributed by atoms with E-state index in [1.54, 1.807) is 7.11 Å². The van der Waals surface area contributed by atoms with Crippen LogP contribution >= 0.6 is 0 Å². The van der Waals surface area contributed by atoms with Gasteiger partial charge in [0.05, 0.1) is 13.2 Å². The Morgan fingerprint density at radius 1 is 0.933 bits per heavy atom. The molecule has 0 aliphatic heterocycles. The lowest BCUT2D eigenvalue weighted by atomic mass is 9.81. The number of rotatable bonds is 15. The molecule has 1 aromatic carbocycles. The van der Waals surface area contributed by atoms with Gasteiger partial charge in [-0.3, -0.25) is 0 Å². The fraction of sp³-hybridized carbons (Fsp3) is 0.714. The summed E-state index contributed by atoms with van der Waals surface area (Å²) < 4.78 is 12.5. The molecule has 0 bridgehead atoms. The molecule has 0 saturated heterocycles. The minimum atomic E-state index is 0.0426. The molecule has 0 aliphatic rings. The van der Waals surface area contributed by atoms with Gasteiger partial charge in [-0.1, -0.05) is 86.3 Å². The number of unbranched alkanes of at least 4 members (excludes halogenated alkanes) is 3. The third-order valence-corrected chi connectivity index (χ3v) is 6.44. The molecule has 0 aliphatic carbocycles. The lowest BCUT2D eigenvalue weighted by Crippen LogP contribution is -2.21. The van der Waals surface area contributed by atoms with E-state index in [1.165, 1.54) is 44.1 Å². The van der Waals surface area contributed by atoms with Gasteiger partial charge >= 0.3 is 0 Å². The number of ether oxygens (including phenoxy) is 2. The van der Waals surface area contributed by atoms with Gasteiger partial charge in [-0.2, -0.15) is 0 Å². The largest absolute Gasteiger partial charge is 0.496 e. The summed E-state index contributed by atoms with van der Waals surface area (Å²) in [5, 5.41) is 0. The number of hydrogen-bond acceptors (Lipinski definition) is 2. The van der Waals surface area contributed by atoms with Crippen molar-refractivity contribution in [2.24, 2.45) is 5.92 Å². The average molecular weight is 417 g/mol. The second-order valence-electron chi connectivity index (χ2n) is 9.45. The summed E-state index contributed by atoms with van der Waals surface area (Å²) in [5.74, 6) is 2.55. The van der Waals surface area contributed by atoms with E-state index in [-0.39, 0.29) is 11.5 Å². The zero-order chi connectivity index (χ0) is 22.6. The maximum atomic E-state index is 6.65. The molecule has 2 atom stereocenters. The smallest absolute Gasteiger partial charge is 0.126 e. The van der Waals surface area contributed by atoms with E-state index in [1.807, 2.05) is 0 Å². The van der Waals surface area contributed by atoms with E-state index >= 15 is 0 Å². The lowest BCUT2D eigenvalue weighted by Gasteiger charge is -2.29. The van der Waals surface area contributed by atoms with Crippen LogP contribution in [0.15, 0.2) is 18.2 Å². The Hall–Kier alpha value is -1.44.